The van der Waals surface area contributed by atoms with Crippen LogP contribution in [0.2, 0.25) is 0 Å². The van der Waals surface area contributed by atoms with Crippen LogP contribution in [0.3, 0.4) is 0 Å². The topological polar surface area (TPSA) is 35.6 Å². The lowest BCUT2D eigenvalue weighted by molar-refractivity contribution is -0.119. The van der Waals surface area contributed by atoms with Gasteiger partial charge in [-0.2, -0.15) is 0 Å². The normalized spacial score (nSPS) is 16.7. The van der Waals surface area contributed by atoms with Crippen LogP contribution < -0.4 is 10.2 Å². The first-order valence-electron chi connectivity index (χ1n) is 7.20. The number of hydrogen-bond acceptors (Lipinski definition) is 3. The van der Waals surface area contributed by atoms with Crippen LogP contribution in [0.25, 0.3) is 0 Å². The second-order valence-electron chi connectivity index (χ2n) is 4.97. The minimum absolute atomic E-state index is 0.0421. The number of amides is 1. The fourth-order valence-electron chi connectivity index (χ4n) is 2.49. The monoisotopic (exact) mass is 279 g/mol. The van der Waals surface area contributed by atoms with Gasteiger partial charge in [-0.15, -0.1) is 0 Å². The molecule has 0 aromatic heterocycles. The van der Waals surface area contributed by atoms with Gasteiger partial charge in [-0.3, -0.25) is 9.69 Å². The highest BCUT2D eigenvalue weighted by Crippen LogP contribution is 2.18. The minimum Gasteiger partial charge on any atom is -0.315 e. The van der Waals surface area contributed by atoms with E-state index in [0.29, 0.717) is 18.8 Å². The molecular weight excluding hydrogens is 257 g/mol. The Balaban J connectivity index is 2.03. The third-order valence-electron chi connectivity index (χ3n) is 3.55. The van der Waals surface area contributed by atoms with Crippen LogP contribution in [0.15, 0.2) is 24.3 Å². The number of benzene rings is 1. The quantitative estimate of drug-likeness (QED) is 0.906. The number of nitrogens with one attached hydrogen (secondary N) is 1. The molecule has 1 heterocycles. The van der Waals surface area contributed by atoms with Crippen molar-refractivity contribution in [2.45, 2.75) is 13.3 Å². The molecule has 110 valence electrons. The second-order valence-corrected chi connectivity index (χ2v) is 4.97. The number of para-hydroxylation sites is 1. The molecule has 0 bridgehead atoms. The maximum atomic E-state index is 13.8. The van der Waals surface area contributed by atoms with Crippen LogP contribution >= 0.6 is 0 Å². The van der Waals surface area contributed by atoms with Gasteiger partial charge in [-0.05, 0) is 38.6 Å². The predicted octanol–water partition coefficient (Wildman–Crippen LogP) is 1.47. The van der Waals surface area contributed by atoms with Crippen LogP contribution in [0, 0.1) is 5.82 Å². The Bertz CT molecular complexity index is 444. The molecule has 20 heavy (non-hydrogen) atoms. The van der Waals surface area contributed by atoms with Gasteiger partial charge >= 0.3 is 0 Å². The lowest BCUT2D eigenvalue weighted by Gasteiger charge is -2.26. The van der Waals surface area contributed by atoms with Crippen molar-refractivity contribution >= 4 is 11.6 Å². The van der Waals surface area contributed by atoms with Gasteiger partial charge in [0.2, 0.25) is 5.91 Å². The molecule has 0 unspecified atom stereocenters. The summed E-state index contributed by atoms with van der Waals surface area (Å²) in [5, 5.41) is 3.31. The summed E-state index contributed by atoms with van der Waals surface area (Å²) < 4.78 is 13.8. The van der Waals surface area contributed by atoms with Gasteiger partial charge in [-0.1, -0.05) is 12.1 Å². The Hall–Kier alpha value is -1.46. The summed E-state index contributed by atoms with van der Waals surface area (Å²) in [4.78, 5) is 16.1. The molecule has 0 atom stereocenters. The SMILES string of the molecule is CCN(C(=O)CN1CCCNCC1)c1ccccc1F. The molecule has 1 aliphatic rings. The van der Waals surface area contributed by atoms with E-state index >= 15 is 0 Å². The molecule has 1 N–H and O–H groups in total. The summed E-state index contributed by atoms with van der Waals surface area (Å²) in [7, 11) is 0. The number of rotatable bonds is 4. The molecule has 0 spiro atoms. The Morgan fingerprint density at radius 1 is 1.35 bits per heavy atom. The fourth-order valence-corrected chi connectivity index (χ4v) is 2.49. The number of carbonyl (C=O) groups is 1. The van der Waals surface area contributed by atoms with Crippen molar-refractivity contribution in [2.24, 2.45) is 0 Å². The van der Waals surface area contributed by atoms with Crippen molar-refractivity contribution in [1.82, 2.24) is 10.2 Å². The average Bonchev–Trinajstić information content (AvgIpc) is 2.70. The molecule has 0 saturated carbocycles. The molecule has 1 amide bonds. The van der Waals surface area contributed by atoms with Gasteiger partial charge in [0.25, 0.3) is 0 Å². The van der Waals surface area contributed by atoms with Crippen molar-refractivity contribution in [3.63, 3.8) is 0 Å². The van der Waals surface area contributed by atoms with Gasteiger partial charge < -0.3 is 10.2 Å². The molecule has 1 aromatic rings. The molecule has 0 aliphatic carbocycles. The van der Waals surface area contributed by atoms with Crippen LogP contribution in [0.5, 0.6) is 0 Å². The average molecular weight is 279 g/mol. The molecule has 1 aromatic carbocycles. The fraction of sp³-hybridized carbons (Fsp3) is 0.533. The highest BCUT2D eigenvalue weighted by atomic mass is 19.1. The zero-order valence-electron chi connectivity index (χ0n) is 11.9. The van der Waals surface area contributed by atoms with Crippen LogP contribution in [-0.2, 0) is 4.79 Å². The van der Waals surface area contributed by atoms with E-state index in [1.165, 1.54) is 11.0 Å². The van der Waals surface area contributed by atoms with E-state index in [9.17, 15) is 9.18 Å². The highest BCUT2D eigenvalue weighted by molar-refractivity contribution is 5.94. The van der Waals surface area contributed by atoms with Gasteiger partial charge in [0.15, 0.2) is 0 Å². The Morgan fingerprint density at radius 2 is 2.15 bits per heavy atom. The van der Waals surface area contributed by atoms with Crippen molar-refractivity contribution in [1.29, 1.82) is 0 Å². The van der Waals surface area contributed by atoms with Crippen LogP contribution in [0.1, 0.15) is 13.3 Å². The van der Waals surface area contributed by atoms with Crippen LogP contribution in [0.4, 0.5) is 10.1 Å². The van der Waals surface area contributed by atoms with Crippen molar-refractivity contribution in [2.75, 3.05) is 44.2 Å². The lowest BCUT2D eigenvalue weighted by Crippen LogP contribution is -2.42. The van der Waals surface area contributed by atoms with Crippen molar-refractivity contribution in [3.8, 4) is 0 Å². The Morgan fingerprint density at radius 3 is 2.90 bits per heavy atom. The van der Waals surface area contributed by atoms with E-state index in [1.807, 2.05) is 6.92 Å². The summed E-state index contributed by atoms with van der Waals surface area (Å²) in [6, 6.07) is 6.43. The van der Waals surface area contributed by atoms with Crippen molar-refractivity contribution < 1.29 is 9.18 Å². The minimum atomic E-state index is -0.347. The van der Waals surface area contributed by atoms with E-state index < -0.39 is 0 Å². The number of likely N-dealkylation sites (N-methyl/N-ethyl adjacent to an activating group) is 1. The standard InChI is InChI=1S/C15H22FN3O/c1-2-19(14-7-4-3-6-13(14)16)15(20)12-18-10-5-8-17-9-11-18/h3-4,6-7,17H,2,5,8-12H2,1H3. The number of anilines is 1. The molecule has 0 radical (unpaired) electrons. The van der Waals surface area contributed by atoms with E-state index in [1.54, 1.807) is 18.2 Å². The maximum Gasteiger partial charge on any atom is 0.241 e. The number of halogens is 1. The van der Waals surface area contributed by atoms with E-state index in [4.69, 9.17) is 0 Å². The summed E-state index contributed by atoms with van der Waals surface area (Å²) in [6.07, 6.45) is 1.04. The summed E-state index contributed by atoms with van der Waals surface area (Å²) in [5.74, 6) is -0.389. The van der Waals surface area contributed by atoms with E-state index in [0.717, 1.165) is 32.6 Å². The zero-order valence-corrected chi connectivity index (χ0v) is 11.9. The molecule has 2 rings (SSSR count). The largest absolute Gasteiger partial charge is 0.315 e. The van der Waals surface area contributed by atoms with Gasteiger partial charge in [0.05, 0.1) is 12.2 Å². The van der Waals surface area contributed by atoms with E-state index in [-0.39, 0.29) is 11.7 Å². The smallest absolute Gasteiger partial charge is 0.241 e. The first-order chi connectivity index (χ1) is 9.72. The zero-order chi connectivity index (χ0) is 14.4. The molecule has 1 aliphatic heterocycles. The third kappa shape index (κ3) is 3.77. The number of hydrogen-bond donors (Lipinski definition) is 1. The van der Waals surface area contributed by atoms with Gasteiger partial charge in [-0.25, -0.2) is 4.39 Å². The summed E-state index contributed by atoms with van der Waals surface area (Å²) in [5.41, 5.74) is 0.368. The predicted molar refractivity (Wildman–Crippen MR) is 78.4 cm³/mol. The highest BCUT2D eigenvalue weighted by Gasteiger charge is 2.20. The lowest BCUT2D eigenvalue weighted by atomic mass is 10.2. The van der Waals surface area contributed by atoms with Gasteiger partial charge in [0, 0.05) is 19.6 Å². The first kappa shape index (κ1) is 14.9. The van der Waals surface area contributed by atoms with Gasteiger partial charge in [0.1, 0.15) is 5.82 Å². The number of nitrogens with zero attached hydrogens (tertiary/aromatic N) is 2. The Labute approximate surface area is 119 Å². The first-order valence-corrected chi connectivity index (χ1v) is 7.20. The van der Waals surface area contributed by atoms with E-state index in [2.05, 4.69) is 10.2 Å². The van der Waals surface area contributed by atoms with Crippen molar-refractivity contribution in [3.05, 3.63) is 30.1 Å². The molecule has 5 heteroatoms. The molecule has 4 nitrogen and oxygen atoms in total. The summed E-state index contributed by atoms with van der Waals surface area (Å²) >= 11 is 0. The number of carbonyl (C=O) groups excluding carboxylic acids is 1. The summed E-state index contributed by atoms with van der Waals surface area (Å²) in [6.45, 7) is 6.37. The van der Waals surface area contributed by atoms with Crippen LogP contribution in [-0.4, -0.2) is 50.1 Å². The second kappa shape index (κ2) is 7.36. The molecular formula is C15H22FN3O. The maximum absolute atomic E-state index is 13.8. The molecule has 1 saturated heterocycles. The molecule has 1 fully saturated rings. The Kier molecular flexibility index (Phi) is 5.49. The third-order valence-corrected chi connectivity index (χ3v) is 3.55.